The van der Waals surface area contributed by atoms with Gasteiger partial charge in [0.1, 0.15) is 0 Å². The van der Waals surface area contributed by atoms with Crippen molar-refractivity contribution in [1.82, 2.24) is 0 Å². The summed E-state index contributed by atoms with van der Waals surface area (Å²) in [6.45, 7) is 17.0. The van der Waals surface area contributed by atoms with Gasteiger partial charge in [-0.15, -0.1) is 0 Å². The molecule has 0 saturated carbocycles. The van der Waals surface area contributed by atoms with Gasteiger partial charge in [0.2, 0.25) is 0 Å². The average molecular weight is 258 g/mol. The van der Waals surface area contributed by atoms with Gasteiger partial charge in [-0.1, -0.05) is 0 Å². The van der Waals surface area contributed by atoms with Crippen LogP contribution in [0.2, 0.25) is 19.0 Å². The Morgan fingerprint density at radius 2 is 1.47 bits per heavy atom. The van der Waals surface area contributed by atoms with Crippen LogP contribution in [0, 0.1) is 0 Å². The second kappa shape index (κ2) is 4.68. The van der Waals surface area contributed by atoms with E-state index in [1.54, 1.807) is 0 Å². The SMILES string of the molecule is CC(C)O[Si](C)(C)CB1OC(C)(C)C(C)(C)O1. The van der Waals surface area contributed by atoms with E-state index in [0.717, 1.165) is 5.94 Å². The van der Waals surface area contributed by atoms with Crippen LogP contribution < -0.4 is 0 Å². The van der Waals surface area contributed by atoms with Gasteiger partial charge in [0.25, 0.3) is 0 Å². The summed E-state index contributed by atoms with van der Waals surface area (Å²) in [5.41, 5.74) is -0.472. The average Bonchev–Trinajstić information content (AvgIpc) is 2.13. The smallest absolute Gasteiger partial charge is 0.416 e. The minimum Gasteiger partial charge on any atom is -0.416 e. The quantitative estimate of drug-likeness (QED) is 0.724. The third-order valence-corrected chi connectivity index (χ3v) is 5.94. The van der Waals surface area contributed by atoms with Crippen LogP contribution in [0.4, 0.5) is 0 Å². The molecule has 0 aromatic heterocycles. The highest BCUT2D eigenvalue weighted by atomic mass is 28.4. The molecule has 0 aromatic carbocycles. The monoisotopic (exact) mass is 258 g/mol. The Bertz CT molecular complexity index is 261. The van der Waals surface area contributed by atoms with Crippen molar-refractivity contribution in [3.63, 3.8) is 0 Å². The Morgan fingerprint density at radius 1 is 1.06 bits per heavy atom. The lowest BCUT2D eigenvalue weighted by atomic mass is 9.90. The number of rotatable bonds is 4. The van der Waals surface area contributed by atoms with Crippen molar-refractivity contribution in [2.75, 3.05) is 0 Å². The maximum absolute atomic E-state index is 6.01. The first-order chi connectivity index (χ1) is 7.45. The summed E-state index contributed by atoms with van der Waals surface area (Å²) < 4.78 is 18.0. The lowest BCUT2D eigenvalue weighted by Gasteiger charge is -2.32. The Hall–Kier alpha value is 0.162. The lowest BCUT2D eigenvalue weighted by Crippen LogP contribution is -2.41. The van der Waals surface area contributed by atoms with Crippen LogP contribution in [0.15, 0.2) is 0 Å². The summed E-state index contributed by atoms with van der Waals surface area (Å²) in [5.74, 6) is 0.887. The second-order valence-electron chi connectivity index (χ2n) is 6.82. The molecule has 5 heteroatoms. The molecule has 1 fully saturated rings. The number of hydrogen-bond donors (Lipinski definition) is 0. The molecule has 1 aliphatic rings. The van der Waals surface area contributed by atoms with Gasteiger partial charge in [0, 0.05) is 12.0 Å². The standard InChI is InChI=1S/C12H27BO3Si/c1-10(2)14-17(7,8)9-13-15-11(3,4)12(5,6)16-13/h10H,9H2,1-8H3. The molecule has 1 heterocycles. The Morgan fingerprint density at radius 3 is 1.82 bits per heavy atom. The first-order valence-corrected chi connectivity index (χ1v) is 9.60. The van der Waals surface area contributed by atoms with Gasteiger partial charge >= 0.3 is 7.12 Å². The fraction of sp³-hybridized carbons (Fsp3) is 1.00. The molecule has 3 nitrogen and oxygen atoms in total. The fourth-order valence-electron chi connectivity index (χ4n) is 2.14. The summed E-state index contributed by atoms with van der Waals surface area (Å²) in [6.07, 6.45) is 0.277. The van der Waals surface area contributed by atoms with E-state index in [2.05, 4.69) is 54.6 Å². The molecule has 1 rings (SSSR count). The van der Waals surface area contributed by atoms with Gasteiger partial charge < -0.3 is 13.7 Å². The zero-order valence-corrected chi connectivity index (χ0v) is 13.6. The Labute approximate surface area is 107 Å². The summed E-state index contributed by atoms with van der Waals surface area (Å²) in [4.78, 5) is 0. The van der Waals surface area contributed by atoms with Crippen molar-refractivity contribution in [3.8, 4) is 0 Å². The van der Waals surface area contributed by atoms with Crippen LogP contribution in [0.5, 0.6) is 0 Å². The molecule has 0 N–H and O–H groups in total. The lowest BCUT2D eigenvalue weighted by molar-refractivity contribution is 0.00578. The zero-order valence-electron chi connectivity index (χ0n) is 12.6. The topological polar surface area (TPSA) is 27.7 Å². The molecule has 0 unspecified atom stereocenters. The molecule has 0 aliphatic carbocycles. The summed E-state index contributed by atoms with van der Waals surface area (Å²) in [7, 11) is -1.83. The molecular weight excluding hydrogens is 231 g/mol. The summed E-state index contributed by atoms with van der Waals surface area (Å²) >= 11 is 0. The van der Waals surface area contributed by atoms with Gasteiger partial charge in [0.15, 0.2) is 8.32 Å². The maximum Gasteiger partial charge on any atom is 0.457 e. The van der Waals surface area contributed by atoms with E-state index in [0.29, 0.717) is 0 Å². The molecule has 0 radical (unpaired) electrons. The third-order valence-electron chi connectivity index (χ3n) is 3.52. The van der Waals surface area contributed by atoms with E-state index >= 15 is 0 Å². The first kappa shape index (κ1) is 15.2. The van der Waals surface area contributed by atoms with Crippen LogP contribution in [0.25, 0.3) is 0 Å². The molecule has 17 heavy (non-hydrogen) atoms. The molecule has 1 aliphatic heterocycles. The highest BCUT2D eigenvalue weighted by Gasteiger charge is 2.52. The van der Waals surface area contributed by atoms with Crippen molar-refractivity contribution in [1.29, 1.82) is 0 Å². The molecule has 0 atom stereocenters. The first-order valence-electron chi connectivity index (χ1n) is 6.49. The van der Waals surface area contributed by atoms with Crippen LogP contribution in [-0.2, 0) is 13.7 Å². The highest BCUT2D eigenvalue weighted by Crippen LogP contribution is 2.38. The fourth-order valence-corrected chi connectivity index (χ4v) is 4.48. The molecule has 1 saturated heterocycles. The maximum atomic E-state index is 6.01. The Balaban J connectivity index is 2.61. The zero-order chi connectivity index (χ0) is 13.5. The van der Waals surface area contributed by atoms with E-state index in [1.807, 2.05) is 0 Å². The largest absolute Gasteiger partial charge is 0.457 e. The van der Waals surface area contributed by atoms with Crippen molar-refractivity contribution < 1.29 is 13.7 Å². The van der Waals surface area contributed by atoms with E-state index < -0.39 is 8.32 Å². The van der Waals surface area contributed by atoms with Crippen LogP contribution in [-0.4, -0.2) is 32.7 Å². The summed E-state index contributed by atoms with van der Waals surface area (Å²) in [5, 5.41) is 0. The number of hydrogen-bond acceptors (Lipinski definition) is 3. The van der Waals surface area contributed by atoms with Gasteiger partial charge in [0.05, 0.1) is 11.2 Å². The minimum atomic E-state index is -1.71. The van der Waals surface area contributed by atoms with Gasteiger partial charge in [-0.25, -0.2) is 0 Å². The molecule has 0 spiro atoms. The van der Waals surface area contributed by atoms with Crippen LogP contribution in [0.1, 0.15) is 41.5 Å². The molecule has 0 amide bonds. The van der Waals surface area contributed by atoms with Crippen molar-refractivity contribution >= 4 is 15.4 Å². The molecule has 100 valence electrons. The minimum absolute atomic E-state index is 0.125. The van der Waals surface area contributed by atoms with E-state index in [9.17, 15) is 0 Å². The molecule has 0 aromatic rings. The van der Waals surface area contributed by atoms with Crippen LogP contribution in [0.3, 0.4) is 0 Å². The second-order valence-corrected chi connectivity index (χ2v) is 11.0. The molecular formula is C12H27BO3Si. The van der Waals surface area contributed by atoms with E-state index in [4.69, 9.17) is 13.7 Å². The van der Waals surface area contributed by atoms with Crippen molar-refractivity contribution in [2.45, 2.75) is 77.9 Å². The van der Waals surface area contributed by atoms with Gasteiger partial charge in [-0.3, -0.25) is 0 Å². The van der Waals surface area contributed by atoms with E-state index in [1.165, 1.54) is 0 Å². The van der Waals surface area contributed by atoms with Crippen molar-refractivity contribution in [2.24, 2.45) is 0 Å². The predicted octanol–water partition coefficient (Wildman–Crippen LogP) is 3.25. The van der Waals surface area contributed by atoms with Crippen molar-refractivity contribution in [3.05, 3.63) is 0 Å². The third kappa shape index (κ3) is 3.81. The summed E-state index contributed by atoms with van der Waals surface area (Å²) in [6, 6.07) is 0. The predicted molar refractivity (Wildman–Crippen MR) is 74.6 cm³/mol. The highest BCUT2D eigenvalue weighted by molar-refractivity contribution is 6.81. The Kier molecular flexibility index (Phi) is 4.19. The van der Waals surface area contributed by atoms with Crippen LogP contribution >= 0.6 is 0 Å². The normalized spacial score (nSPS) is 23.5. The van der Waals surface area contributed by atoms with Gasteiger partial charge in [-0.05, 0) is 54.6 Å². The van der Waals surface area contributed by atoms with Gasteiger partial charge in [-0.2, -0.15) is 0 Å². The van der Waals surface area contributed by atoms with E-state index in [-0.39, 0.29) is 24.4 Å². The molecule has 0 bridgehead atoms.